The zero-order chi connectivity index (χ0) is 29.7. The van der Waals surface area contributed by atoms with Crippen LogP contribution in [-0.2, 0) is 27.3 Å². The number of carboxylic acids is 2. The number of fused-ring (bicyclic) bond motifs is 1. The summed E-state index contributed by atoms with van der Waals surface area (Å²) in [5, 5.41) is 22.8. The SMILES string of the molecule is CCCCc1nc2cc(/C=C/C(=O)NO)ccc2n1CCC(C)C.O=C(O)C(F)(F)F.O=C(O)C(F)(F)F. The highest BCUT2D eigenvalue weighted by atomic mass is 19.4. The Bertz CT molecular complexity index is 1070. The third-order valence-electron chi connectivity index (χ3n) is 4.56. The van der Waals surface area contributed by atoms with Crippen LogP contribution in [0.4, 0.5) is 26.3 Å². The molecule has 0 saturated heterocycles. The number of carbonyl (C=O) groups excluding carboxylic acids is 1. The second kappa shape index (κ2) is 15.6. The van der Waals surface area contributed by atoms with Crippen LogP contribution < -0.4 is 5.48 Å². The minimum atomic E-state index is -5.08. The van der Waals surface area contributed by atoms with E-state index in [-0.39, 0.29) is 0 Å². The van der Waals surface area contributed by atoms with Crippen molar-refractivity contribution in [1.29, 1.82) is 0 Å². The van der Waals surface area contributed by atoms with Crippen molar-refractivity contribution in [2.75, 3.05) is 0 Å². The van der Waals surface area contributed by atoms with Crippen LogP contribution in [0.5, 0.6) is 0 Å². The molecule has 0 spiro atoms. The molecule has 0 atom stereocenters. The normalized spacial score (nSPS) is 11.6. The molecule has 1 heterocycles. The van der Waals surface area contributed by atoms with Gasteiger partial charge in [0.15, 0.2) is 0 Å². The molecule has 0 bridgehead atoms. The maximum atomic E-state index is 11.1. The fourth-order valence-electron chi connectivity index (χ4n) is 2.67. The number of hydrogen-bond donors (Lipinski definition) is 4. The Morgan fingerprint density at radius 1 is 1.05 bits per heavy atom. The minimum Gasteiger partial charge on any atom is -0.475 e. The van der Waals surface area contributed by atoms with E-state index in [1.807, 2.05) is 12.1 Å². The van der Waals surface area contributed by atoms with E-state index in [1.165, 1.54) is 6.08 Å². The number of aryl methyl sites for hydroxylation is 2. The van der Waals surface area contributed by atoms with Gasteiger partial charge >= 0.3 is 24.3 Å². The summed E-state index contributed by atoms with van der Waals surface area (Å²) in [6.07, 6.45) is -2.80. The maximum Gasteiger partial charge on any atom is 0.490 e. The molecule has 2 rings (SSSR count). The largest absolute Gasteiger partial charge is 0.490 e. The Labute approximate surface area is 213 Å². The average molecular weight is 557 g/mol. The van der Waals surface area contributed by atoms with Crippen molar-refractivity contribution in [2.45, 2.75) is 65.4 Å². The number of aromatic nitrogens is 2. The van der Waals surface area contributed by atoms with E-state index in [4.69, 9.17) is 30.0 Å². The van der Waals surface area contributed by atoms with Crippen molar-refractivity contribution in [3.05, 3.63) is 35.7 Å². The van der Waals surface area contributed by atoms with Crippen molar-refractivity contribution >= 4 is 35.0 Å². The summed E-state index contributed by atoms with van der Waals surface area (Å²) in [7, 11) is 0. The summed E-state index contributed by atoms with van der Waals surface area (Å²) in [6, 6.07) is 6.02. The number of hydroxylamine groups is 1. The van der Waals surface area contributed by atoms with E-state index >= 15 is 0 Å². The number of nitrogens with one attached hydrogen (secondary N) is 1. The number of nitrogens with zero attached hydrogens (tertiary/aromatic N) is 2. The van der Waals surface area contributed by atoms with Gasteiger partial charge in [0.25, 0.3) is 5.91 Å². The van der Waals surface area contributed by atoms with Gasteiger partial charge in [0.1, 0.15) is 5.82 Å². The van der Waals surface area contributed by atoms with E-state index in [9.17, 15) is 31.1 Å². The fraction of sp³-hybridized carbons (Fsp3) is 0.478. The summed E-state index contributed by atoms with van der Waals surface area (Å²) in [5.74, 6) is -4.26. The highest BCUT2D eigenvalue weighted by Gasteiger charge is 2.38. The first-order valence-corrected chi connectivity index (χ1v) is 11.2. The van der Waals surface area contributed by atoms with Gasteiger partial charge in [-0.2, -0.15) is 26.3 Å². The van der Waals surface area contributed by atoms with Crippen LogP contribution in [0.2, 0.25) is 0 Å². The molecule has 0 radical (unpaired) electrons. The van der Waals surface area contributed by atoms with E-state index in [1.54, 1.807) is 11.6 Å². The van der Waals surface area contributed by atoms with E-state index < -0.39 is 30.2 Å². The lowest BCUT2D eigenvalue weighted by Gasteiger charge is -2.11. The van der Waals surface area contributed by atoms with Crippen molar-refractivity contribution in [1.82, 2.24) is 15.0 Å². The molecule has 0 unspecified atom stereocenters. The molecule has 1 aromatic heterocycles. The van der Waals surface area contributed by atoms with Crippen LogP contribution in [0.15, 0.2) is 24.3 Å². The topological polar surface area (TPSA) is 142 Å². The van der Waals surface area contributed by atoms with Gasteiger partial charge in [0.05, 0.1) is 11.0 Å². The molecule has 4 N–H and O–H groups in total. The first kappa shape index (κ1) is 34.4. The number of amides is 1. The van der Waals surface area contributed by atoms with Crippen LogP contribution in [0.3, 0.4) is 0 Å². The molecular weight excluding hydrogens is 528 g/mol. The molecule has 1 amide bonds. The summed E-state index contributed by atoms with van der Waals surface area (Å²) in [6.45, 7) is 7.64. The van der Waals surface area contributed by atoms with Gasteiger partial charge < -0.3 is 14.8 Å². The standard InChI is InChI=1S/C19H27N3O2.2C2HF3O2/c1-4-5-6-18-20-16-13-15(8-10-19(23)21-24)7-9-17(16)22(18)12-11-14(2)3;2*3-2(4,5)1(6)7/h7-10,13-14,24H,4-6,11-12H2,1-3H3,(H,21,23);2*(H,6,7)/b10-8+;;. The Balaban J connectivity index is 0.000000804. The number of rotatable bonds is 8. The monoisotopic (exact) mass is 557 g/mol. The van der Waals surface area contributed by atoms with Crippen molar-refractivity contribution in [3.63, 3.8) is 0 Å². The number of imidazole rings is 1. The predicted octanol–water partition coefficient (Wildman–Crippen LogP) is 5.21. The van der Waals surface area contributed by atoms with Gasteiger partial charge in [-0.05, 0) is 42.5 Å². The Kier molecular flexibility index (Phi) is 14.1. The summed E-state index contributed by atoms with van der Waals surface area (Å²) in [4.78, 5) is 33.7. The van der Waals surface area contributed by atoms with E-state index in [0.717, 1.165) is 54.6 Å². The highest BCUT2D eigenvalue weighted by molar-refractivity contribution is 5.91. The molecular formula is C23H29F6N3O6. The van der Waals surface area contributed by atoms with Gasteiger partial charge in [0, 0.05) is 19.0 Å². The van der Waals surface area contributed by atoms with Crippen LogP contribution in [0, 0.1) is 5.92 Å². The number of hydrogen-bond acceptors (Lipinski definition) is 5. The smallest absolute Gasteiger partial charge is 0.475 e. The summed E-state index contributed by atoms with van der Waals surface area (Å²) in [5.41, 5.74) is 4.58. The summed E-state index contributed by atoms with van der Waals surface area (Å²) >= 11 is 0. The van der Waals surface area contributed by atoms with Gasteiger partial charge in [-0.25, -0.2) is 20.1 Å². The molecule has 0 saturated carbocycles. The number of unbranched alkanes of at least 4 members (excludes halogenated alkanes) is 1. The lowest BCUT2D eigenvalue weighted by atomic mass is 10.1. The van der Waals surface area contributed by atoms with Crippen molar-refractivity contribution in [2.24, 2.45) is 5.92 Å². The molecule has 0 aliphatic carbocycles. The second-order valence-corrected chi connectivity index (χ2v) is 8.13. The van der Waals surface area contributed by atoms with Gasteiger partial charge in [-0.3, -0.25) is 10.0 Å². The molecule has 0 aliphatic rings. The quantitative estimate of drug-likeness (QED) is 0.151. The third kappa shape index (κ3) is 13.1. The minimum absolute atomic E-state index is 0.541. The van der Waals surface area contributed by atoms with Crippen LogP contribution in [0.25, 0.3) is 17.1 Å². The van der Waals surface area contributed by atoms with E-state index in [0.29, 0.717) is 5.92 Å². The molecule has 38 heavy (non-hydrogen) atoms. The maximum absolute atomic E-state index is 11.1. The second-order valence-electron chi connectivity index (χ2n) is 8.13. The lowest BCUT2D eigenvalue weighted by Crippen LogP contribution is -2.21. The predicted molar refractivity (Wildman–Crippen MR) is 124 cm³/mol. The first-order chi connectivity index (χ1) is 17.4. The van der Waals surface area contributed by atoms with Crippen molar-refractivity contribution in [3.8, 4) is 0 Å². The number of aliphatic carboxylic acids is 2. The Hall–Kier alpha value is -3.62. The van der Waals surface area contributed by atoms with Gasteiger partial charge in [0.2, 0.25) is 0 Å². The molecule has 2 aromatic rings. The fourth-order valence-corrected chi connectivity index (χ4v) is 2.67. The molecule has 0 aliphatic heterocycles. The molecule has 0 fully saturated rings. The zero-order valence-electron chi connectivity index (χ0n) is 20.7. The number of carbonyl (C=O) groups is 3. The molecule has 214 valence electrons. The number of carboxylic acid groups (broad SMARTS) is 2. The highest BCUT2D eigenvalue weighted by Crippen LogP contribution is 2.21. The Morgan fingerprint density at radius 3 is 2.00 bits per heavy atom. The van der Waals surface area contributed by atoms with E-state index in [2.05, 4.69) is 31.4 Å². The average Bonchev–Trinajstić information content (AvgIpc) is 3.15. The van der Waals surface area contributed by atoms with Crippen LogP contribution in [0.1, 0.15) is 51.4 Å². The van der Waals surface area contributed by atoms with Gasteiger partial charge in [-0.1, -0.05) is 33.3 Å². The summed E-state index contributed by atoms with van der Waals surface area (Å²) < 4.78 is 65.8. The van der Waals surface area contributed by atoms with Crippen LogP contribution in [-0.4, -0.2) is 55.2 Å². The molecule has 15 heteroatoms. The number of benzene rings is 1. The number of halogens is 6. The molecule has 1 aromatic carbocycles. The zero-order valence-corrected chi connectivity index (χ0v) is 20.7. The third-order valence-corrected chi connectivity index (χ3v) is 4.56. The van der Waals surface area contributed by atoms with Gasteiger partial charge in [-0.15, -0.1) is 0 Å². The first-order valence-electron chi connectivity index (χ1n) is 11.2. The number of alkyl halides is 6. The lowest BCUT2D eigenvalue weighted by molar-refractivity contribution is -0.193. The van der Waals surface area contributed by atoms with Crippen LogP contribution >= 0.6 is 0 Å². The Morgan fingerprint density at radius 2 is 1.58 bits per heavy atom. The van der Waals surface area contributed by atoms with Crippen molar-refractivity contribution < 1.29 is 56.1 Å². The molecule has 9 nitrogen and oxygen atoms in total.